The minimum Gasteiger partial charge on any atom is -0.229 e. The highest BCUT2D eigenvalue weighted by Crippen LogP contribution is 2.32. The van der Waals surface area contributed by atoms with Crippen LogP contribution >= 0.6 is 0 Å². The van der Waals surface area contributed by atoms with Gasteiger partial charge in [-0.1, -0.05) is 48.0 Å². The summed E-state index contributed by atoms with van der Waals surface area (Å²) < 4.78 is 27.5. The first-order valence-electron chi connectivity index (χ1n) is 10.7. The molecule has 0 saturated heterocycles. The first-order chi connectivity index (χ1) is 14.3. The Hall–Kier alpha value is -3.13. The molecule has 3 aromatic carbocycles. The molecule has 0 spiro atoms. The molecule has 0 bridgehead atoms. The largest absolute Gasteiger partial charge is 0.289 e. The van der Waals surface area contributed by atoms with Crippen molar-refractivity contribution in [2.75, 3.05) is 0 Å². The van der Waals surface area contributed by atoms with Gasteiger partial charge in [0.2, 0.25) is 0 Å². The summed E-state index contributed by atoms with van der Waals surface area (Å²) in [7, 11) is 4.18. The Labute approximate surface area is 163 Å². The van der Waals surface area contributed by atoms with Crippen LogP contribution in [0.5, 0.6) is 0 Å². The minimum atomic E-state index is -2.09. The van der Waals surface area contributed by atoms with Crippen molar-refractivity contribution in [2.45, 2.75) is 13.8 Å². The SMILES string of the molecule is [2H]C([2H])([2H])c1ccc(-c2ccc3c4cc5ccccc5cc4n(C)c3[n+]2C)c(C)c1. The molecule has 0 unspecified atom stereocenters. The smallest absolute Gasteiger partial charge is 0.229 e. The molecular weight excluding hydrogens is 328 g/mol. The lowest BCUT2D eigenvalue weighted by Crippen LogP contribution is -2.33. The van der Waals surface area contributed by atoms with E-state index in [0.29, 0.717) is 5.56 Å². The molecule has 132 valence electrons. The maximum Gasteiger partial charge on any atom is 0.289 e. The molecular formula is C25H23N2+. The van der Waals surface area contributed by atoms with Crippen molar-refractivity contribution >= 4 is 32.7 Å². The first kappa shape index (κ1) is 13.1. The fourth-order valence-electron chi connectivity index (χ4n) is 4.32. The monoisotopic (exact) mass is 354 g/mol. The zero-order chi connectivity index (χ0) is 21.2. The van der Waals surface area contributed by atoms with Gasteiger partial charge in [0.15, 0.2) is 0 Å². The summed E-state index contributed by atoms with van der Waals surface area (Å²) in [6.07, 6.45) is 0. The molecule has 2 aromatic heterocycles. The maximum absolute atomic E-state index is 7.67. The predicted octanol–water partition coefficient (Wildman–Crippen LogP) is 5.59. The zero-order valence-corrected chi connectivity index (χ0v) is 15.7. The van der Waals surface area contributed by atoms with Crippen LogP contribution in [0.25, 0.3) is 44.0 Å². The Kier molecular flexibility index (Phi) is 2.76. The van der Waals surface area contributed by atoms with Gasteiger partial charge in [0.05, 0.1) is 19.5 Å². The fraction of sp³-hybridized carbons (Fsp3) is 0.160. The van der Waals surface area contributed by atoms with E-state index in [1.165, 1.54) is 27.1 Å². The highest BCUT2D eigenvalue weighted by molar-refractivity contribution is 6.11. The number of hydrogen-bond donors (Lipinski definition) is 0. The van der Waals surface area contributed by atoms with E-state index in [4.69, 9.17) is 4.11 Å². The molecule has 0 amide bonds. The van der Waals surface area contributed by atoms with Gasteiger partial charge in [-0.05, 0) is 54.4 Å². The third kappa shape index (κ3) is 2.30. The fourth-order valence-corrected chi connectivity index (χ4v) is 4.32. The molecule has 0 atom stereocenters. The van der Waals surface area contributed by atoms with E-state index >= 15 is 0 Å². The van der Waals surface area contributed by atoms with Gasteiger partial charge >= 0.3 is 0 Å². The average molecular weight is 354 g/mol. The van der Waals surface area contributed by atoms with Gasteiger partial charge in [-0.3, -0.25) is 0 Å². The van der Waals surface area contributed by atoms with Gasteiger partial charge < -0.3 is 0 Å². The van der Waals surface area contributed by atoms with E-state index in [2.05, 4.69) is 71.8 Å². The summed E-state index contributed by atoms with van der Waals surface area (Å²) in [5.41, 5.74) is 5.78. The molecule has 0 saturated carbocycles. The van der Waals surface area contributed by atoms with Crippen molar-refractivity contribution in [2.24, 2.45) is 14.1 Å². The van der Waals surface area contributed by atoms with Crippen molar-refractivity contribution in [3.05, 3.63) is 77.9 Å². The molecule has 0 N–H and O–H groups in total. The molecule has 2 nitrogen and oxygen atoms in total. The third-order valence-corrected chi connectivity index (χ3v) is 5.66. The number of aromatic nitrogens is 2. The third-order valence-electron chi connectivity index (χ3n) is 5.66. The normalized spacial score (nSPS) is 13.8. The van der Waals surface area contributed by atoms with E-state index in [0.717, 1.165) is 22.5 Å². The summed E-state index contributed by atoms with van der Waals surface area (Å²) in [6, 6.07) is 22.7. The molecule has 5 aromatic rings. The summed E-state index contributed by atoms with van der Waals surface area (Å²) in [5.74, 6) is 0. The highest BCUT2D eigenvalue weighted by Gasteiger charge is 2.21. The summed E-state index contributed by atoms with van der Waals surface area (Å²) in [6.45, 7) is -0.115. The Morgan fingerprint density at radius 1 is 0.889 bits per heavy atom. The second-order valence-electron chi connectivity index (χ2n) is 7.32. The van der Waals surface area contributed by atoms with Gasteiger partial charge in [-0.25, -0.2) is 9.13 Å². The van der Waals surface area contributed by atoms with Crippen LogP contribution in [0.1, 0.15) is 15.2 Å². The number of fused-ring (bicyclic) bond motifs is 4. The van der Waals surface area contributed by atoms with Crippen LogP contribution in [0.15, 0.2) is 66.7 Å². The van der Waals surface area contributed by atoms with Gasteiger partial charge in [0.25, 0.3) is 5.65 Å². The standard InChI is InChI=1S/C25H23N2/c1-16-9-10-20(17(2)13-16)23-12-11-21-22-14-18-7-5-6-8-19(18)15-24(22)27(4)25(21)26(23)3/h5-15H,1-4H3/q+1/i1D3. The lowest BCUT2D eigenvalue weighted by atomic mass is 10.0. The number of aryl methyl sites for hydroxylation is 4. The van der Waals surface area contributed by atoms with Crippen LogP contribution in [-0.4, -0.2) is 4.57 Å². The number of nitrogens with zero attached hydrogens (tertiary/aromatic N) is 2. The topological polar surface area (TPSA) is 8.81 Å². The van der Waals surface area contributed by atoms with Crippen molar-refractivity contribution in [3.63, 3.8) is 0 Å². The molecule has 0 aliphatic heterocycles. The van der Waals surface area contributed by atoms with E-state index in [1.54, 1.807) is 12.1 Å². The second kappa shape index (κ2) is 5.68. The molecule has 0 fully saturated rings. The van der Waals surface area contributed by atoms with Crippen LogP contribution in [0, 0.1) is 13.8 Å². The number of hydrogen-bond acceptors (Lipinski definition) is 0. The van der Waals surface area contributed by atoms with Crippen molar-refractivity contribution in [1.82, 2.24) is 4.57 Å². The first-order valence-corrected chi connectivity index (χ1v) is 9.17. The van der Waals surface area contributed by atoms with Crippen LogP contribution in [0.3, 0.4) is 0 Å². The molecule has 0 aliphatic carbocycles. The van der Waals surface area contributed by atoms with Gasteiger partial charge in [0.1, 0.15) is 11.2 Å². The molecule has 2 heteroatoms. The van der Waals surface area contributed by atoms with Gasteiger partial charge in [0, 0.05) is 15.1 Å². The molecule has 5 rings (SSSR count). The second-order valence-corrected chi connectivity index (χ2v) is 7.32. The molecule has 0 aliphatic rings. The van der Waals surface area contributed by atoms with Gasteiger partial charge in [-0.15, -0.1) is 0 Å². The summed E-state index contributed by atoms with van der Waals surface area (Å²) in [4.78, 5) is 0. The van der Waals surface area contributed by atoms with Crippen LogP contribution < -0.4 is 4.57 Å². The summed E-state index contributed by atoms with van der Waals surface area (Å²) >= 11 is 0. The van der Waals surface area contributed by atoms with Crippen LogP contribution in [0.2, 0.25) is 0 Å². The Balaban J connectivity index is 1.78. The van der Waals surface area contributed by atoms with E-state index in [-0.39, 0.29) is 0 Å². The Morgan fingerprint density at radius 2 is 1.67 bits per heavy atom. The van der Waals surface area contributed by atoms with Crippen molar-refractivity contribution in [3.8, 4) is 11.3 Å². The molecule has 27 heavy (non-hydrogen) atoms. The highest BCUT2D eigenvalue weighted by atomic mass is 15.1. The molecule has 2 heterocycles. The Bertz CT molecular complexity index is 1460. The Morgan fingerprint density at radius 3 is 2.41 bits per heavy atom. The van der Waals surface area contributed by atoms with Crippen LogP contribution in [-0.2, 0) is 14.1 Å². The minimum absolute atomic E-state index is 0.378. The van der Waals surface area contributed by atoms with Crippen molar-refractivity contribution < 1.29 is 8.68 Å². The average Bonchev–Trinajstić information content (AvgIpc) is 2.98. The lowest BCUT2D eigenvalue weighted by Gasteiger charge is -2.09. The van der Waals surface area contributed by atoms with Crippen molar-refractivity contribution in [1.29, 1.82) is 0 Å². The number of rotatable bonds is 1. The predicted molar refractivity (Wildman–Crippen MR) is 114 cm³/mol. The lowest BCUT2D eigenvalue weighted by molar-refractivity contribution is -0.636. The maximum atomic E-state index is 7.67. The quantitative estimate of drug-likeness (QED) is 0.347. The molecule has 0 radical (unpaired) electrons. The zero-order valence-electron chi connectivity index (χ0n) is 18.7. The number of benzene rings is 3. The van der Waals surface area contributed by atoms with E-state index < -0.39 is 6.85 Å². The van der Waals surface area contributed by atoms with E-state index in [9.17, 15) is 0 Å². The van der Waals surface area contributed by atoms with Crippen LogP contribution in [0.4, 0.5) is 0 Å². The van der Waals surface area contributed by atoms with Gasteiger partial charge in [-0.2, -0.15) is 0 Å². The van der Waals surface area contributed by atoms with E-state index in [1.807, 2.05) is 13.0 Å². The summed E-state index contributed by atoms with van der Waals surface area (Å²) in [5, 5.41) is 4.92. The number of pyridine rings is 1.